The van der Waals surface area contributed by atoms with E-state index in [0.29, 0.717) is 0 Å². The van der Waals surface area contributed by atoms with Crippen LogP contribution in [0.25, 0.3) is 0 Å². The number of rotatable bonds is 3. The summed E-state index contributed by atoms with van der Waals surface area (Å²) >= 11 is 0. The molecule has 0 saturated heterocycles. The van der Waals surface area contributed by atoms with Crippen LogP contribution in [0, 0.1) is 0 Å². The van der Waals surface area contributed by atoms with Gasteiger partial charge in [0.25, 0.3) is 0 Å². The molecule has 0 amide bonds. The van der Waals surface area contributed by atoms with Crippen molar-refractivity contribution >= 4 is 11.9 Å². The minimum absolute atomic E-state index is 0. The normalized spacial score (nSPS) is 11.3. The number of hydrogen-bond acceptors (Lipinski definition) is 3. The zero-order valence-electron chi connectivity index (χ0n) is 4.91. The molecule has 6 heteroatoms. The Hall–Kier alpha value is -0.594. The van der Waals surface area contributed by atoms with Crippen LogP contribution in [0.3, 0.4) is 0 Å². The van der Waals surface area contributed by atoms with E-state index in [9.17, 15) is 9.59 Å². The molecule has 0 unspecified atom stereocenters. The van der Waals surface area contributed by atoms with Crippen molar-refractivity contribution in [3.05, 3.63) is 0 Å². The van der Waals surface area contributed by atoms with Crippen molar-refractivity contribution in [3.8, 4) is 0 Å². The number of nitrogens with two attached hydrogens (primary N) is 1. The Balaban J connectivity index is 0. The molecule has 5 nitrogen and oxygen atoms in total. The third kappa shape index (κ3) is 5.54. The van der Waals surface area contributed by atoms with Gasteiger partial charge in [0, 0.05) is 16.8 Å². The first-order chi connectivity index (χ1) is 4.04. The van der Waals surface area contributed by atoms with E-state index in [1.54, 1.807) is 0 Å². The summed E-state index contributed by atoms with van der Waals surface area (Å²) in [4.78, 5) is 19.6. The summed E-state index contributed by atoms with van der Waals surface area (Å²) in [5.41, 5.74) is 4.84. The molecule has 0 aliphatic rings. The summed E-state index contributed by atoms with van der Waals surface area (Å²) in [6.45, 7) is 0. The standard InChI is InChI=1S/C4H7NO4.Co/c5-2(4(8)9)1-3(6)7;/h2H,1,5H2,(H,6,7)(H,8,9);/t2-;/m1./s1. The Morgan fingerprint density at radius 1 is 1.40 bits per heavy atom. The van der Waals surface area contributed by atoms with Crippen LogP contribution in [0.4, 0.5) is 0 Å². The molecule has 0 rings (SSSR count). The maximum Gasteiger partial charge on any atom is 0.321 e. The van der Waals surface area contributed by atoms with Gasteiger partial charge in [0.2, 0.25) is 0 Å². The van der Waals surface area contributed by atoms with Crippen LogP contribution in [-0.4, -0.2) is 28.2 Å². The molecule has 61 valence electrons. The van der Waals surface area contributed by atoms with Gasteiger partial charge in [-0.3, -0.25) is 9.59 Å². The van der Waals surface area contributed by atoms with Crippen LogP contribution in [0.15, 0.2) is 0 Å². The summed E-state index contributed by atoms with van der Waals surface area (Å²) in [5, 5.41) is 16.0. The van der Waals surface area contributed by atoms with Crippen LogP contribution in [0.5, 0.6) is 0 Å². The van der Waals surface area contributed by atoms with Crippen molar-refractivity contribution < 1.29 is 36.6 Å². The summed E-state index contributed by atoms with van der Waals surface area (Å²) in [5.74, 6) is -2.50. The Labute approximate surface area is 67.4 Å². The number of carboxylic acid groups (broad SMARTS) is 2. The molecule has 0 saturated carbocycles. The van der Waals surface area contributed by atoms with Crippen LogP contribution in [0.1, 0.15) is 6.42 Å². The average Bonchev–Trinajstić information content (AvgIpc) is 1.63. The molecule has 0 bridgehead atoms. The first-order valence-electron chi connectivity index (χ1n) is 2.24. The Bertz CT molecular complexity index is 137. The summed E-state index contributed by atoms with van der Waals surface area (Å²) in [6, 6.07) is -1.29. The van der Waals surface area contributed by atoms with E-state index < -0.39 is 24.4 Å². The smallest absolute Gasteiger partial charge is 0.321 e. The Morgan fingerprint density at radius 3 is 1.90 bits per heavy atom. The largest absolute Gasteiger partial charge is 0.481 e. The van der Waals surface area contributed by atoms with Crippen molar-refractivity contribution in [2.75, 3.05) is 0 Å². The molecule has 0 aliphatic heterocycles. The van der Waals surface area contributed by atoms with Gasteiger partial charge in [-0.25, -0.2) is 0 Å². The second-order valence-electron chi connectivity index (χ2n) is 1.54. The van der Waals surface area contributed by atoms with Gasteiger partial charge in [-0.1, -0.05) is 0 Å². The quantitative estimate of drug-likeness (QED) is 0.525. The molecular weight excluding hydrogens is 185 g/mol. The van der Waals surface area contributed by atoms with Gasteiger partial charge in [-0.05, 0) is 0 Å². The second kappa shape index (κ2) is 5.21. The average molecular weight is 192 g/mol. The number of hydrogen-bond donors (Lipinski definition) is 3. The topological polar surface area (TPSA) is 101 Å². The molecule has 0 aliphatic carbocycles. The molecule has 0 spiro atoms. The van der Waals surface area contributed by atoms with Gasteiger partial charge >= 0.3 is 11.9 Å². The van der Waals surface area contributed by atoms with Crippen LogP contribution in [-0.2, 0) is 26.4 Å². The number of carbonyl (C=O) groups is 2. The third-order valence-electron chi connectivity index (χ3n) is 0.712. The zero-order valence-corrected chi connectivity index (χ0v) is 5.95. The molecule has 1 radical (unpaired) electrons. The summed E-state index contributed by atoms with van der Waals surface area (Å²) < 4.78 is 0. The van der Waals surface area contributed by atoms with Crippen molar-refractivity contribution in [1.29, 1.82) is 0 Å². The van der Waals surface area contributed by atoms with Crippen LogP contribution >= 0.6 is 0 Å². The van der Waals surface area contributed by atoms with Crippen molar-refractivity contribution in [1.82, 2.24) is 0 Å². The summed E-state index contributed by atoms with van der Waals surface area (Å²) in [6.07, 6.45) is -0.532. The van der Waals surface area contributed by atoms with Crippen LogP contribution in [0.2, 0.25) is 0 Å². The second-order valence-corrected chi connectivity index (χ2v) is 1.54. The minimum Gasteiger partial charge on any atom is -0.481 e. The van der Waals surface area contributed by atoms with Gasteiger partial charge < -0.3 is 15.9 Å². The molecule has 0 aromatic heterocycles. The number of carboxylic acids is 2. The van der Waals surface area contributed by atoms with E-state index in [-0.39, 0.29) is 16.8 Å². The third-order valence-corrected chi connectivity index (χ3v) is 0.712. The van der Waals surface area contributed by atoms with Gasteiger partial charge in [0.1, 0.15) is 6.04 Å². The first kappa shape index (κ1) is 12.1. The molecule has 0 aromatic rings. The molecule has 0 fully saturated rings. The minimum atomic E-state index is -1.29. The zero-order chi connectivity index (χ0) is 7.44. The predicted molar refractivity (Wildman–Crippen MR) is 27.9 cm³/mol. The molecule has 0 heterocycles. The van der Waals surface area contributed by atoms with Crippen molar-refractivity contribution in [2.45, 2.75) is 12.5 Å². The van der Waals surface area contributed by atoms with E-state index in [0.717, 1.165) is 0 Å². The Morgan fingerprint density at radius 2 is 1.80 bits per heavy atom. The fourth-order valence-electron chi connectivity index (χ4n) is 0.275. The van der Waals surface area contributed by atoms with E-state index in [1.807, 2.05) is 0 Å². The van der Waals surface area contributed by atoms with Crippen molar-refractivity contribution in [3.63, 3.8) is 0 Å². The van der Waals surface area contributed by atoms with E-state index >= 15 is 0 Å². The molecule has 0 aromatic carbocycles. The van der Waals surface area contributed by atoms with E-state index in [2.05, 4.69) is 0 Å². The van der Waals surface area contributed by atoms with Crippen LogP contribution < -0.4 is 5.73 Å². The fraction of sp³-hybridized carbons (Fsp3) is 0.500. The molecule has 1 atom stereocenters. The SMILES string of the molecule is N[C@H](CC(=O)O)C(=O)O.[Co]. The van der Waals surface area contributed by atoms with Gasteiger partial charge in [0.15, 0.2) is 0 Å². The van der Waals surface area contributed by atoms with Crippen molar-refractivity contribution in [2.24, 2.45) is 5.73 Å². The van der Waals surface area contributed by atoms with Gasteiger partial charge in [-0.2, -0.15) is 0 Å². The molecule has 10 heavy (non-hydrogen) atoms. The van der Waals surface area contributed by atoms with E-state index in [1.165, 1.54) is 0 Å². The predicted octanol–water partition coefficient (Wildman–Crippen LogP) is -1.13. The molecular formula is C4H7CoNO4. The monoisotopic (exact) mass is 192 g/mol. The number of aliphatic carboxylic acids is 2. The van der Waals surface area contributed by atoms with Gasteiger partial charge in [-0.15, -0.1) is 0 Å². The maximum atomic E-state index is 9.85. The molecule has 4 N–H and O–H groups in total. The van der Waals surface area contributed by atoms with Gasteiger partial charge in [0.05, 0.1) is 6.42 Å². The summed E-state index contributed by atoms with van der Waals surface area (Å²) in [7, 11) is 0. The first-order valence-corrected chi connectivity index (χ1v) is 2.24. The van der Waals surface area contributed by atoms with E-state index in [4.69, 9.17) is 15.9 Å². The Kier molecular flexibility index (Phi) is 6.32. The fourth-order valence-corrected chi connectivity index (χ4v) is 0.275. The maximum absolute atomic E-state index is 9.85.